The van der Waals surface area contributed by atoms with Crippen LogP contribution in [0.3, 0.4) is 0 Å². The number of nitrogens with zero attached hydrogens (tertiary/aromatic N) is 2. The summed E-state index contributed by atoms with van der Waals surface area (Å²) in [5.41, 5.74) is 2.44. The number of para-hydroxylation sites is 1. The van der Waals surface area contributed by atoms with Gasteiger partial charge in [-0.1, -0.05) is 29.8 Å². The van der Waals surface area contributed by atoms with Crippen molar-refractivity contribution in [2.75, 3.05) is 13.2 Å². The minimum atomic E-state index is 0.720. The lowest BCUT2D eigenvalue weighted by Gasteiger charge is -2.07. The molecule has 1 aliphatic heterocycles. The van der Waals surface area contributed by atoms with E-state index >= 15 is 0 Å². The maximum Gasteiger partial charge on any atom is 0.185 e. The molecule has 106 valence electrons. The Kier molecular flexibility index (Phi) is 3.08. The normalized spacial score (nSPS) is 14.6. The van der Waals surface area contributed by atoms with Gasteiger partial charge in [-0.05, 0) is 24.3 Å². The van der Waals surface area contributed by atoms with Crippen molar-refractivity contribution >= 4 is 39.3 Å². The van der Waals surface area contributed by atoms with Crippen LogP contribution in [-0.4, -0.2) is 23.6 Å². The summed E-state index contributed by atoms with van der Waals surface area (Å²) in [7, 11) is 0. The van der Waals surface area contributed by atoms with E-state index in [9.17, 15) is 0 Å². The summed E-state index contributed by atoms with van der Waals surface area (Å²) >= 11 is 6.16. The topological polar surface area (TPSA) is 26.5 Å². The minimum Gasteiger partial charge on any atom is -0.479 e. The molecule has 1 aromatic heterocycles. The first-order chi connectivity index (χ1) is 10.3. The molecule has 0 fully saturated rings. The Morgan fingerprint density at radius 2 is 1.95 bits per heavy atom. The van der Waals surface area contributed by atoms with Gasteiger partial charge in [-0.15, -0.1) is 0 Å². The Balaban J connectivity index is 1.84. The zero-order valence-electron chi connectivity index (χ0n) is 11.6. The number of aryl methyl sites for hydroxylation is 1. The largest absolute Gasteiger partial charge is 0.479 e. The Labute approximate surface area is 127 Å². The second-order valence-corrected chi connectivity index (χ2v) is 5.64. The molecular weight excluding hydrogens is 284 g/mol. The van der Waals surface area contributed by atoms with Gasteiger partial charge < -0.3 is 9.30 Å². The fourth-order valence-electron chi connectivity index (χ4n) is 3.00. The van der Waals surface area contributed by atoms with Crippen LogP contribution in [-0.2, 0) is 11.3 Å². The number of aliphatic imine (C=N–C) groups is 1. The zero-order chi connectivity index (χ0) is 14.2. The third-order valence-corrected chi connectivity index (χ3v) is 4.17. The van der Waals surface area contributed by atoms with E-state index in [1.807, 2.05) is 12.1 Å². The summed E-state index contributed by atoms with van der Waals surface area (Å²) in [6, 6.07) is 14.5. The lowest BCUT2D eigenvalue weighted by atomic mass is 10.2. The summed E-state index contributed by atoms with van der Waals surface area (Å²) in [4.78, 5) is 4.37. The van der Waals surface area contributed by atoms with Crippen LogP contribution < -0.4 is 0 Å². The van der Waals surface area contributed by atoms with Crippen LogP contribution in [0.4, 0.5) is 0 Å². The Hall–Kier alpha value is -2.00. The fourth-order valence-corrected chi connectivity index (χ4v) is 3.18. The van der Waals surface area contributed by atoms with E-state index in [-0.39, 0.29) is 0 Å². The van der Waals surface area contributed by atoms with E-state index in [0.717, 1.165) is 37.0 Å². The molecule has 21 heavy (non-hydrogen) atoms. The van der Waals surface area contributed by atoms with Gasteiger partial charge in [0, 0.05) is 39.8 Å². The number of fused-ring (bicyclic) bond motifs is 3. The molecule has 0 spiro atoms. The predicted octanol–water partition coefficient (Wildman–Crippen LogP) is 4.27. The number of benzene rings is 2. The Bertz CT molecular complexity index is 850. The lowest BCUT2D eigenvalue weighted by molar-refractivity contribution is 0.336. The van der Waals surface area contributed by atoms with Gasteiger partial charge in [0.05, 0.1) is 6.54 Å². The lowest BCUT2D eigenvalue weighted by Crippen LogP contribution is -2.05. The maximum absolute atomic E-state index is 6.16. The molecular formula is C17H15ClN2O. The number of hydrogen-bond acceptors (Lipinski definition) is 2. The molecule has 0 saturated heterocycles. The quantitative estimate of drug-likeness (QED) is 0.709. The van der Waals surface area contributed by atoms with Gasteiger partial charge in [0.2, 0.25) is 0 Å². The highest BCUT2D eigenvalue weighted by Crippen LogP contribution is 2.31. The van der Waals surface area contributed by atoms with Gasteiger partial charge in [-0.25, -0.2) is 0 Å². The van der Waals surface area contributed by atoms with Crippen LogP contribution in [0.2, 0.25) is 5.02 Å². The van der Waals surface area contributed by atoms with Crippen molar-refractivity contribution in [2.45, 2.75) is 13.0 Å². The summed E-state index contributed by atoms with van der Waals surface area (Å²) < 4.78 is 7.83. The SMILES string of the molecule is Clc1ccc2c(c1)c1ccccc1n2CCC1=NCCO1. The van der Waals surface area contributed by atoms with Crippen LogP contribution >= 0.6 is 11.6 Å². The van der Waals surface area contributed by atoms with Gasteiger partial charge in [0.1, 0.15) is 6.61 Å². The van der Waals surface area contributed by atoms with Crippen LogP contribution in [0.5, 0.6) is 0 Å². The summed E-state index contributed by atoms with van der Waals surface area (Å²) in [5, 5.41) is 3.21. The van der Waals surface area contributed by atoms with E-state index in [2.05, 4.69) is 39.9 Å². The highest BCUT2D eigenvalue weighted by atomic mass is 35.5. The summed E-state index contributed by atoms with van der Waals surface area (Å²) in [6.45, 7) is 2.38. The minimum absolute atomic E-state index is 0.720. The zero-order valence-corrected chi connectivity index (χ0v) is 12.3. The average Bonchev–Trinajstić information content (AvgIpc) is 3.11. The molecule has 0 aliphatic carbocycles. The molecule has 2 aromatic carbocycles. The molecule has 2 heterocycles. The molecule has 0 bridgehead atoms. The molecule has 3 aromatic rings. The second kappa shape index (κ2) is 5.08. The summed E-state index contributed by atoms with van der Waals surface area (Å²) in [6.07, 6.45) is 0.830. The van der Waals surface area contributed by atoms with Crippen molar-refractivity contribution in [3.63, 3.8) is 0 Å². The van der Waals surface area contributed by atoms with E-state index in [1.165, 1.54) is 21.8 Å². The van der Waals surface area contributed by atoms with Gasteiger partial charge in [0.15, 0.2) is 5.90 Å². The third kappa shape index (κ3) is 2.18. The van der Waals surface area contributed by atoms with Crippen LogP contribution in [0.1, 0.15) is 6.42 Å². The monoisotopic (exact) mass is 298 g/mol. The standard InChI is InChI=1S/C17H15ClN2O/c18-12-5-6-16-14(11-12)13-3-1-2-4-15(13)20(16)9-7-17-19-8-10-21-17/h1-6,11H,7-10H2. The van der Waals surface area contributed by atoms with Crippen LogP contribution in [0.25, 0.3) is 21.8 Å². The van der Waals surface area contributed by atoms with Crippen molar-refractivity contribution in [3.8, 4) is 0 Å². The molecule has 3 nitrogen and oxygen atoms in total. The molecule has 0 saturated carbocycles. The van der Waals surface area contributed by atoms with E-state index in [4.69, 9.17) is 16.3 Å². The highest BCUT2D eigenvalue weighted by Gasteiger charge is 2.13. The smallest absolute Gasteiger partial charge is 0.185 e. The third-order valence-electron chi connectivity index (χ3n) is 3.93. The molecule has 0 amide bonds. The summed E-state index contributed by atoms with van der Waals surface area (Å²) in [5.74, 6) is 0.870. The van der Waals surface area contributed by atoms with Crippen molar-refractivity contribution in [3.05, 3.63) is 47.5 Å². The molecule has 0 unspecified atom stereocenters. The molecule has 0 N–H and O–H groups in total. The van der Waals surface area contributed by atoms with Gasteiger partial charge in [-0.3, -0.25) is 4.99 Å². The van der Waals surface area contributed by atoms with Crippen molar-refractivity contribution < 1.29 is 4.74 Å². The molecule has 1 aliphatic rings. The molecule has 0 radical (unpaired) electrons. The van der Waals surface area contributed by atoms with Gasteiger partial charge in [-0.2, -0.15) is 0 Å². The van der Waals surface area contributed by atoms with E-state index in [1.54, 1.807) is 0 Å². The number of ether oxygens (including phenoxy) is 1. The average molecular weight is 299 g/mol. The Morgan fingerprint density at radius 1 is 1.10 bits per heavy atom. The first-order valence-electron chi connectivity index (χ1n) is 7.15. The molecule has 4 heteroatoms. The number of halogens is 1. The van der Waals surface area contributed by atoms with Gasteiger partial charge >= 0.3 is 0 Å². The predicted molar refractivity (Wildman–Crippen MR) is 87.3 cm³/mol. The van der Waals surface area contributed by atoms with Crippen molar-refractivity contribution in [1.82, 2.24) is 4.57 Å². The maximum atomic E-state index is 6.16. The second-order valence-electron chi connectivity index (χ2n) is 5.20. The van der Waals surface area contributed by atoms with Crippen molar-refractivity contribution in [2.24, 2.45) is 4.99 Å². The van der Waals surface area contributed by atoms with Crippen LogP contribution in [0, 0.1) is 0 Å². The Morgan fingerprint density at radius 3 is 2.81 bits per heavy atom. The van der Waals surface area contributed by atoms with Crippen molar-refractivity contribution in [1.29, 1.82) is 0 Å². The fraction of sp³-hybridized carbons (Fsp3) is 0.235. The van der Waals surface area contributed by atoms with Crippen LogP contribution in [0.15, 0.2) is 47.5 Å². The number of rotatable bonds is 3. The number of hydrogen-bond donors (Lipinski definition) is 0. The van der Waals surface area contributed by atoms with E-state index in [0.29, 0.717) is 0 Å². The molecule has 0 atom stereocenters. The highest BCUT2D eigenvalue weighted by molar-refractivity contribution is 6.31. The first kappa shape index (κ1) is 12.7. The van der Waals surface area contributed by atoms with Gasteiger partial charge in [0.25, 0.3) is 0 Å². The first-order valence-corrected chi connectivity index (χ1v) is 7.53. The number of aromatic nitrogens is 1. The van der Waals surface area contributed by atoms with E-state index < -0.39 is 0 Å². The molecule has 4 rings (SSSR count).